The molecule has 1 aliphatic heterocycles. The molecule has 0 fully saturated rings. The minimum absolute atomic E-state index is 0.0637. The number of non-ortho nitro benzene ring substituents is 1. The molecule has 260 valence electrons. The first kappa shape index (κ1) is 35.0. The molecule has 5 aromatic rings. The number of nitrogens with one attached hydrogen (secondary N) is 2. The fourth-order valence-corrected chi connectivity index (χ4v) is 6.54. The van der Waals surface area contributed by atoms with Crippen LogP contribution in [0, 0.1) is 16.0 Å². The van der Waals surface area contributed by atoms with E-state index in [0.29, 0.717) is 11.1 Å². The molecule has 1 heterocycles. The van der Waals surface area contributed by atoms with Crippen LogP contribution in [-0.2, 0) is 24.3 Å². The van der Waals surface area contributed by atoms with Crippen LogP contribution >= 0.6 is 0 Å². The van der Waals surface area contributed by atoms with Crippen molar-refractivity contribution in [3.8, 4) is 11.1 Å². The van der Waals surface area contributed by atoms with Crippen LogP contribution in [0.25, 0.3) is 11.1 Å². The highest BCUT2D eigenvalue weighted by Crippen LogP contribution is 2.40. The number of hydrogen-bond donors (Lipinski definition) is 3. The van der Waals surface area contributed by atoms with E-state index in [9.17, 15) is 37.7 Å². The summed E-state index contributed by atoms with van der Waals surface area (Å²) in [5, 5.41) is 23.5. The highest BCUT2D eigenvalue weighted by atomic mass is 32.2. The van der Waals surface area contributed by atoms with E-state index >= 15 is 0 Å². The van der Waals surface area contributed by atoms with Crippen LogP contribution in [-0.4, -0.2) is 42.6 Å². The van der Waals surface area contributed by atoms with E-state index in [4.69, 9.17) is 9.88 Å². The lowest BCUT2D eigenvalue weighted by atomic mass is 9.82. The zero-order chi connectivity index (χ0) is 37.0. The highest BCUT2D eigenvalue weighted by Gasteiger charge is 2.46. The Morgan fingerprint density at radius 2 is 1.44 bits per heavy atom. The van der Waals surface area contributed by atoms with Gasteiger partial charge in [-0.3, -0.25) is 24.5 Å². The van der Waals surface area contributed by atoms with Crippen LogP contribution in [0.3, 0.4) is 0 Å². The summed E-state index contributed by atoms with van der Waals surface area (Å²) < 4.78 is 30.4. The number of nitro groups is 1. The van der Waals surface area contributed by atoms with Crippen LogP contribution in [0.4, 0.5) is 11.4 Å². The predicted molar refractivity (Wildman–Crippen MR) is 189 cm³/mol. The van der Waals surface area contributed by atoms with Gasteiger partial charge >= 0.3 is 5.97 Å². The summed E-state index contributed by atoms with van der Waals surface area (Å²) in [7, 11) is -4.36. The number of ether oxygens (including phenoxy) is 1. The average molecular weight is 718 g/mol. The molecule has 0 unspecified atom stereocenters. The van der Waals surface area contributed by atoms with Crippen LogP contribution in [0.2, 0.25) is 0 Å². The highest BCUT2D eigenvalue weighted by molar-refractivity contribution is 7.89. The zero-order valence-electron chi connectivity index (χ0n) is 26.8. The largest absolute Gasteiger partial charge is 0.453 e. The van der Waals surface area contributed by atoms with E-state index in [1.54, 1.807) is 72.8 Å². The number of sulfonamides is 1. The van der Waals surface area contributed by atoms with Gasteiger partial charge in [0.25, 0.3) is 17.5 Å². The van der Waals surface area contributed by atoms with Gasteiger partial charge in [0.2, 0.25) is 15.8 Å². The minimum Gasteiger partial charge on any atom is -0.453 e. The maximum absolute atomic E-state index is 14.5. The lowest BCUT2D eigenvalue weighted by Crippen LogP contribution is -2.40. The molecule has 14 nitrogen and oxygen atoms in total. The van der Waals surface area contributed by atoms with Crippen molar-refractivity contribution in [1.82, 2.24) is 5.43 Å². The normalized spacial score (nSPS) is 14.4. The Labute approximate surface area is 296 Å². The van der Waals surface area contributed by atoms with Crippen molar-refractivity contribution in [2.75, 3.05) is 5.32 Å². The van der Waals surface area contributed by atoms with Gasteiger partial charge in [-0.15, -0.1) is 0 Å². The Bertz CT molecular complexity index is 2400. The average Bonchev–Trinajstić information content (AvgIpc) is 3.48. The molecule has 0 saturated carbocycles. The number of benzene rings is 5. The van der Waals surface area contributed by atoms with E-state index in [-0.39, 0.29) is 39.3 Å². The third-order valence-corrected chi connectivity index (χ3v) is 9.11. The third kappa shape index (κ3) is 7.21. The smallest absolute Gasteiger partial charge is 0.339 e. The molecule has 0 saturated heterocycles. The molecule has 0 bridgehead atoms. The number of hydrazone groups is 1. The number of anilines is 1. The summed E-state index contributed by atoms with van der Waals surface area (Å²) in [4.78, 5) is 65.2. The molecule has 0 radical (unpaired) electrons. The molecular formula is C37H27N5O9S. The number of rotatable bonds is 11. The summed E-state index contributed by atoms with van der Waals surface area (Å²) >= 11 is 0. The van der Waals surface area contributed by atoms with Crippen molar-refractivity contribution in [1.29, 1.82) is 0 Å². The summed E-state index contributed by atoms with van der Waals surface area (Å²) in [6.45, 7) is 0. The molecule has 0 spiro atoms. The minimum atomic E-state index is -4.36. The number of hydrogen-bond acceptors (Lipinski definition) is 10. The van der Waals surface area contributed by atoms with Gasteiger partial charge in [0, 0.05) is 28.9 Å². The second kappa shape index (κ2) is 14.6. The van der Waals surface area contributed by atoms with Crippen molar-refractivity contribution >= 4 is 50.7 Å². The molecule has 6 rings (SSSR count). The van der Waals surface area contributed by atoms with Crippen LogP contribution in [0.1, 0.15) is 37.9 Å². The Balaban J connectivity index is 1.54. The van der Waals surface area contributed by atoms with Gasteiger partial charge in [0.05, 0.1) is 26.7 Å². The number of Topliss-reactive ketones (excluding diaryl/α,β-unsaturated/α-hetero) is 1. The number of nitrogens with zero attached hydrogens (tertiary/aromatic N) is 2. The topological polar surface area (TPSA) is 217 Å². The van der Waals surface area contributed by atoms with Crippen molar-refractivity contribution in [2.45, 2.75) is 11.0 Å². The van der Waals surface area contributed by atoms with Gasteiger partial charge < -0.3 is 10.1 Å². The number of carbonyl (C=O) groups is 4. The van der Waals surface area contributed by atoms with Gasteiger partial charge in [-0.05, 0) is 35.4 Å². The number of nitrogens with two attached hydrogens (primary N) is 1. The number of carbonyl (C=O) groups excluding carboxylic acids is 4. The van der Waals surface area contributed by atoms with Gasteiger partial charge in [-0.1, -0.05) is 91.0 Å². The van der Waals surface area contributed by atoms with E-state index in [2.05, 4.69) is 15.8 Å². The van der Waals surface area contributed by atoms with Crippen molar-refractivity contribution in [3.63, 3.8) is 0 Å². The lowest BCUT2D eigenvalue weighted by molar-refractivity contribution is -0.384. The summed E-state index contributed by atoms with van der Waals surface area (Å²) in [6, 6.07) is 31.9. The zero-order valence-corrected chi connectivity index (χ0v) is 27.6. The Morgan fingerprint density at radius 3 is 2.15 bits per heavy atom. The molecular weight excluding hydrogens is 691 g/mol. The standard InChI is InChI=1S/C37H27N5O9S/c38-52(49,50)30-20-9-8-19-29(30)35(44)41-40-32(26-16-5-4-15-25(26)22-11-2-1-3-12-22)31(34-27-17-6-7-18-28(27)37(46)51-34)33(43)36(45)39-23-13-10-14-24(21-23)42(47)48/h1-21,31,34H,(H,39,45)(H,41,44)(H2,38,49,50)/b40-32-/t31-,34+/m0/s1. The number of ketones is 1. The Morgan fingerprint density at radius 1 is 0.808 bits per heavy atom. The molecule has 5 aromatic carbocycles. The first-order chi connectivity index (χ1) is 24.9. The summed E-state index contributed by atoms with van der Waals surface area (Å²) in [5.74, 6) is -5.94. The molecule has 52 heavy (non-hydrogen) atoms. The summed E-state index contributed by atoms with van der Waals surface area (Å²) in [6.07, 6.45) is -1.44. The van der Waals surface area contributed by atoms with Gasteiger partial charge in [0.1, 0.15) is 12.0 Å². The quantitative estimate of drug-likeness (QED) is 0.0562. The lowest BCUT2D eigenvalue weighted by Gasteiger charge is -2.25. The van der Waals surface area contributed by atoms with E-state index < -0.39 is 55.4 Å². The number of nitro benzene ring substituents is 1. The Kier molecular flexibility index (Phi) is 9.80. The van der Waals surface area contributed by atoms with Crippen LogP contribution in [0.15, 0.2) is 137 Å². The van der Waals surface area contributed by atoms with E-state index in [1.807, 2.05) is 0 Å². The van der Waals surface area contributed by atoms with Crippen LogP contribution < -0.4 is 15.9 Å². The molecule has 2 atom stereocenters. The maximum Gasteiger partial charge on any atom is 0.339 e. The van der Waals surface area contributed by atoms with E-state index in [0.717, 1.165) is 12.1 Å². The summed E-state index contributed by atoms with van der Waals surface area (Å²) in [5.41, 5.74) is 3.13. The van der Waals surface area contributed by atoms with Gasteiger partial charge in [0.15, 0.2) is 0 Å². The van der Waals surface area contributed by atoms with Gasteiger partial charge in [-0.25, -0.2) is 23.8 Å². The van der Waals surface area contributed by atoms with Crippen LogP contribution in [0.5, 0.6) is 0 Å². The van der Waals surface area contributed by atoms with Crippen molar-refractivity contribution in [2.24, 2.45) is 16.2 Å². The Hall–Kier alpha value is -6.84. The maximum atomic E-state index is 14.5. The second-order valence-electron chi connectivity index (χ2n) is 11.4. The van der Waals surface area contributed by atoms with Crippen molar-refractivity contribution < 1.29 is 37.3 Å². The molecule has 1 aliphatic rings. The first-order valence-corrected chi connectivity index (χ1v) is 17.0. The SMILES string of the molecule is NS(=O)(=O)c1ccccc1C(=O)N/N=C(/c1ccccc1-c1ccccc1)[C@@H](C(=O)C(=O)Nc1cccc([N+](=O)[O-])c1)[C@@H]1OC(=O)c2ccccc21. The molecule has 0 aliphatic carbocycles. The predicted octanol–water partition coefficient (Wildman–Crippen LogP) is 4.78. The monoisotopic (exact) mass is 717 g/mol. The molecule has 15 heteroatoms. The number of amides is 2. The fourth-order valence-electron chi connectivity index (χ4n) is 5.80. The fraction of sp³-hybridized carbons (Fsp3) is 0.0541. The van der Waals surface area contributed by atoms with Crippen molar-refractivity contribution in [3.05, 3.63) is 160 Å². The van der Waals surface area contributed by atoms with Gasteiger partial charge in [-0.2, -0.15) is 5.10 Å². The second-order valence-corrected chi connectivity index (χ2v) is 12.9. The molecule has 0 aromatic heterocycles. The third-order valence-electron chi connectivity index (χ3n) is 8.14. The van der Waals surface area contributed by atoms with E-state index in [1.165, 1.54) is 42.5 Å². The number of fused-ring (bicyclic) bond motifs is 1. The number of cyclic esters (lactones) is 1. The first-order valence-electron chi connectivity index (χ1n) is 15.5. The molecule has 4 N–H and O–H groups in total. The molecule has 2 amide bonds. The number of esters is 1. The number of primary sulfonamides is 1.